The highest BCUT2D eigenvalue weighted by Crippen LogP contribution is 2.28. The van der Waals surface area contributed by atoms with Crippen LogP contribution in [0.1, 0.15) is 45.4 Å². The molecule has 2 heterocycles. The first-order valence-electron chi connectivity index (χ1n) is 7.74. The van der Waals surface area contributed by atoms with Gasteiger partial charge in [-0.3, -0.25) is 0 Å². The van der Waals surface area contributed by atoms with E-state index in [0.717, 1.165) is 12.5 Å². The Kier molecular flexibility index (Phi) is 5.46. The summed E-state index contributed by atoms with van der Waals surface area (Å²) in [6.45, 7) is 8.28. The highest BCUT2D eigenvalue weighted by molar-refractivity contribution is 4.95. The molecule has 0 spiro atoms. The zero-order valence-electron chi connectivity index (χ0n) is 12.2. The van der Waals surface area contributed by atoms with Crippen LogP contribution in [0.4, 0.5) is 0 Å². The van der Waals surface area contributed by atoms with Crippen LogP contribution in [0.15, 0.2) is 0 Å². The topological polar surface area (TPSA) is 24.5 Å². The molecule has 2 aliphatic rings. The molecule has 0 bridgehead atoms. The molecule has 1 atom stereocenters. The fraction of sp³-hybridized carbons (Fsp3) is 1.00. The second kappa shape index (κ2) is 6.88. The predicted octanol–water partition coefficient (Wildman–Crippen LogP) is 2.27. The molecule has 18 heavy (non-hydrogen) atoms. The maximum atomic E-state index is 5.28. The summed E-state index contributed by atoms with van der Waals surface area (Å²) in [5, 5.41) is 3.79. The Bertz CT molecular complexity index is 231. The molecule has 1 unspecified atom stereocenters. The van der Waals surface area contributed by atoms with Crippen LogP contribution in [0.3, 0.4) is 0 Å². The Balaban J connectivity index is 1.79. The van der Waals surface area contributed by atoms with Crippen molar-refractivity contribution in [1.29, 1.82) is 0 Å². The largest absolute Gasteiger partial charge is 0.384 e. The summed E-state index contributed by atoms with van der Waals surface area (Å²) in [7, 11) is 1.82. The zero-order chi connectivity index (χ0) is 12.8. The first-order valence-corrected chi connectivity index (χ1v) is 7.74. The van der Waals surface area contributed by atoms with Crippen LogP contribution in [0.25, 0.3) is 0 Å². The number of methoxy groups -OCH3 is 1. The molecule has 0 saturated carbocycles. The van der Waals surface area contributed by atoms with Gasteiger partial charge in [-0.2, -0.15) is 0 Å². The molecule has 0 radical (unpaired) electrons. The molecule has 0 aromatic carbocycles. The quantitative estimate of drug-likeness (QED) is 0.787. The maximum Gasteiger partial charge on any atom is 0.0491 e. The fourth-order valence-corrected chi connectivity index (χ4v) is 3.75. The zero-order valence-corrected chi connectivity index (χ0v) is 12.2. The first-order chi connectivity index (χ1) is 8.78. The summed E-state index contributed by atoms with van der Waals surface area (Å²) in [5.74, 6) is 0.796. The standard InChI is InChI=1S/C15H30N2O/c1-3-7-15(8-4-9-16-15)13-17-10-5-14(6-11-17)12-18-2/h14,16H,3-13H2,1-2H3. The molecule has 0 aromatic heterocycles. The van der Waals surface area contributed by atoms with Crippen LogP contribution in [0.5, 0.6) is 0 Å². The third-order valence-electron chi connectivity index (χ3n) is 4.70. The van der Waals surface area contributed by atoms with Gasteiger partial charge in [0.05, 0.1) is 0 Å². The van der Waals surface area contributed by atoms with E-state index in [4.69, 9.17) is 4.74 Å². The van der Waals surface area contributed by atoms with Crippen molar-refractivity contribution in [2.24, 2.45) is 5.92 Å². The summed E-state index contributed by atoms with van der Waals surface area (Å²) in [6.07, 6.45) is 8.00. The molecule has 106 valence electrons. The van der Waals surface area contributed by atoms with E-state index in [1.165, 1.54) is 64.7 Å². The second-order valence-corrected chi connectivity index (χ2v) is 6.24. The molecular weight excluding hydrogens is 224 g/mol. The van der Waals surface area contributed by atoms with Gasteiger partial charge in [0, 0.05) is 25.8 Å². The number of hydrogen-bond acceptors (Lipinski definition) is 3. The van der Waals surface area contributed by atoms with E-state index in [9.17, 15) is 0 Å². The van der Waals surface area contributed by atoms with Crippen molar-refractivity contribution < 1.29 is 4.74 Å². The molecule has 0 amide bonds. The lowest BCUT2D eigenvalue weighted by Gasteiger charge is -2.39. The van der Waals surface area contributed by atoms with Gasteiger partial charge in [-0.1, -0.05) is 13.3 Å². The van der Waals surface area contributed by atoms with E-state index in [0.29, 0.717) is 5.54 Å². The first kappa shape index (κ1) is 14.3. The summed E-state index contributed by atoms with van der Waals surface area (Å²) in [5.41, 5.74) is 0.433. The van der Waals surface area contributed by atoms with E-state index in [-0.39, 0.29) is 0 Å². The lowest BCUT2D eigenvalue weighted by Crippen LogP contribution is -2.51. The molecule has 3 nitrogen and oxygen atoms in total. The minimum absolute atomic E-state index is 0.433. The molecule has 2 saturated heterocycles. The molecule has 3 heteroatoms. The van der Waals surface area contributed by atoms with Crippen molar-refractivity contribution in [3.05, 3.63) is 0 Å². The Hall–Kier alpha value is -0.120. The van der Waals surface area contributed by atoms with E-state index in [2.05, 4.69) is 17.1 Å². The Morgan fingerprint density at radius 3 is 2.67 bits per heavy atom. The number of nitrogens with zero attached hydrogens (tertiary/aromatic N) is 1. The fourth-order valence-electron chi connectivity index (χ4n) is 3.75. The lowest BCUT2D eigenvalue weighted by molar-refractivity contribution is 0.0842. The highest BCUT2D eigenvalue weighted by Gasteiger charge is 2.35. The SMILES string of the molecule is CCCC1(CN2CCC(COC)CC2)CCCN1. The molecule has 2 fully saturated rings. The van der Waals surface area contributed by atoms with Crippen LogP contribution < -0.4 is 5.32 Å². The van der Waals surface area contributed by atoms with E-state index in [1.807, 2.05) is 7.11 Å². The summed E-state index contributed by atoms with van der Waals surface area (Å²) in [4.78, 5) is 2.68. The summed E-state index contributed by atoms with van der Waals surface area (Å²) in [6, 6.07) is 0. The number of hydrogen-bond donors (Lipinski definition) is 1. The third-order valence-corrected chi connectivity index (χ3v) is 4.70. The molecular formula is C15H30N2O. The van der Waals surface area contributed by atoms with Gasteiger partial charge in [-0.25, -0.2) is 0 Å². The van der Waals surface area contributed by atoms with Gasteiger partial charge >= 0.3 is 0 Å². The van der Waals surface area contributed by atoms with Crippen LogP contribution >= 0.6 is 0 Å². The second-order valence-electron chi connectivity index (χ2n) is 6.24. The monoisotopic (exact) mass is 254 g/mol. The van der Waals surface area contributed by atoms with Crippen LogP contribution in [-0.2, 0) is 4.74 Å². The molecule has 2 rings (SSSR count). The summed E-state index contributed by atoms with van der Waals surface area (Å²) < 4.78 is 5.28. The number of nitrogens with one attached hydrogen (secondary N) is 1. The average Bonchev–Trinajstić information content (AvgIpc) is 2.81. The molecule has 1 N–H and O–H groups in total. The van der Waals surface area contributed by atoms with Crippen molar-refractivity contribution >= 4 is 0 Å². The Labute approximate surface area is 112 Å². The van der Waals surface area contributed by atoms with Gasteiger partial charge in [0.1, 0.15) is 0 Å². The van der Waals surface area contributed by atoms with Gasteiger partial charge in [0.15, 0.2) is 0 Å². The van der Waals surface area contributed by atoms with Gasteiger partial charge in [0.25, 0.3) is 0 Å². The maximum absolute atomic E-state index is 5.28. The van der Waals surface area contributed by atoms with Crippen molar-refractivity contribution in [1.82, 2.24) is 10.2 Å². The Morgan fingerprint density at radius 2 is 2.11 bits per heavy atom. The molecule has 0 aromatic rings. The smallest absolute Gasteiger partial charge is 0.0491 e. The normalized spacial score (nSPS) is 31.0. The number of ether oxygens (including phenoxy) is 1. The van der Waals surface area contributed by atoms with E-state index >= 15 is 0 Å². The van der Waals surface area contributed by atoms with E-state index in [1.54, 1.807) is 0 Å². The van der Waals surface area contributed by atoms with Crippen LogP contribution in [-0.4, -0.2) is 50.3 Å². The van der Waals surface area contributed by atoms with Gasteiger partial charge in [-0.05, 0) is 57.7 Å². The van der Waals surface area contributed by atoms with E-state index < -0.39 is 0 Å². The minimum Gasteiger partial charge on any atom is -0.384 e. The van der Waals surface area contributed by atoms with Gasteiger partial charge < -0.3 is 15.0 Å². The van der Waals surface area contributed by atoms with Crippen LogP contribution in [0.2, 0.25) is 0 Å². The van der Waals surface area contributed by atoms with Crippen molar-refractivity contribution in [3.63, 3.8) is 0 Å². The van der Waals surface area contributed by atoms with Crippen molar-refractivity contribution in [2.75, 3.05) is 39.9 Å². The van der Waals surface area contributed by atoms with Gasteiger partial charge in [0.2, 0.25) is 0 Å². The highest BCUT2D eigenvalue weighted by atomic mass is 16.5. The summed E-state index contributed by atoms with van der Waals surface area (Å²) >= 11 is 0. The van der Waals surface area contributed by atoms with Crippen molar-refractivity contribution in [3.8, 4) is 0 Å². The van der Waals surface area contributed by atoms with Crippen molar-refractivity contribution in [2.45, 2.75) is 51.0 Å². The predicted molar refractivity (Wildman–Crippen MR) is 75.9 cm³/mol. The average molecular weight is 254 g/mol. The minimum atomic E-state index is 0.433. The van der Waals surface area contributed by atoms with Crippen LogP contribution in [0, 0.1) is 5.92 Å². The Morgan fingerprint density at radius 1 is 1.33 bits per heavy atom. The number of rotatable bonds is 6. The third kappa shape index (κ3) is 3.69. The lowest BCUT2D eigenvalue weighted by atomic mass is 9.89. The van der Waals surface area contributed by atoms with Gasteiger partial charge in [-0.15, -0.1) is 0 Å². The number of likely N-dealkylation sites (tertiary alicyclic amines) is 1. The number of piperidine rings is 1. The molecule has 2 aliphatic heterocycles. The molecule has 0 aliphatic carbocycles.